The Morgan fingerprint density at radius 1 is 1.06 bits per heavy atom. The van der Waals surface area contributed by atoms with Crippen molar-refractivity contribution in [1.82, 2.24) is 5.32 Å². The molecule has 2 atom stereocenters. The number of nitrogens with one attached hydrogen (secondary N) is 1. The van der Waals surface area contributed by atoms with Crippen LogP contribution in [0.4, 0.5) is 0 Å². The molecule has 0 spiro atoms. The van der Waals surface area contributed by atoms with Crippen molar-refractivity contribution >= 4 is 22.9 Å². The molecule has 90 valence electrons. The Bertz CT molecular complexity index is 467. The van der Waals surface area contributed by atoms with Gasteiger partial charge >= 0.3 is 0 Å². The van der Waals surface area contributed by atoms with E-state index in [9.17, 15) is 0 Å². The Labute approximate surface area is 111 Å². The minimum absolute atomic E-state index is 0.251. The van der Waals surface area contributed by atoms with Crippen LogP contribution < -0.4 is 5.32 Å². The molecule has 0 aliphatic heterocycles. The molecule has 3 heteroatoms. The number of halogens is 1. The van der Waals surface area contributed by atoms with Gasteiger partial charge in [-0.1, -0.05) is 35.9 Å². The lowest BCUT2D eigenvalue weighted by molar-refractivity contribution is 0.500. The second-order valence-corrected chi connectivity index (χ2v) is 5.53. The average Bonchev–Trinajstić information content (AvgIpc) is 2.82. The van der Waals surface area contributed by atoms with Gasteiger partial charge in [0.1, 0.15) is 0 Å². The molecule has 1 heterocycles. The molecule has 0 saturated heterocycles. The molecular weight excluding hydrogens is 250 g/mol. The highest BCUT2D eigenvalue weighted by atomic mass is 35.5. The summed E-state index contributed by atoms with van der Waals surface area (Å²) in [6.45, 7) is 4.32. The first-order valence-corrected chi connectivity index (χ1v) is 6.98. The van der Waals surface area contributed by atoms with Crippen LogP contribution in [0.15, 0.2) is 41.8 Å². The predicted molar refractivity (Wildman–Crippen MR) is 75.7 cm³/mol. The molecule has 0 aliphatic carbocycles. The maximum absolute atomic E-state index is 6.19. The summed E-state index contributed by atoms with van der Waals surface area (Å²) in [5.41, 5.74) is 1.15. The second-order valence-electron chi connectivity index (χ2n) is 4.15. The van der Waals surface area contributed by atoms with E-state index in [2.05, 4.69) is 42.7 Å². The first-order valence-electron chi connectivity index (χ1n) is 5.72. The Hall–Kier alpha value is -0.830. The van der Waals surface area contributed by atoms with Crippen molar-refractivity contribution in [2.45, 2.75) is 25.9 Å². The van der Waals surface area contributed by atoms with Crippen LogP contribution in [-0.2, 0) is 0 Å². The molecule has 0 aliphatic rings. The SMILES string of the molecule is CC(N[C@@H](C)c1cccs1)c1ccccc1Cl. The van der Waals surface area contributed by atoms with E-state index in [1.807, 2.05) is 18.2 Å². The molecule has 1 aromatic heterocycles. The molecule has 0 radical (unpaired) electrons. The quantitative estimate of drug-likeness (QED) is 0.836. The van der Waals surface area contributed by atoms with Crippen LogP contribution in [0.1, 0.15) is 36.4 Å². The third-order valence-electron chi connectivity index (χ3n) is 2.84. The van der Waals surface area contributed by atoms with Crippen LogP contribution in [0.2, 0.25) is 5.02 Å². The minimum atomic E-state index is 0.251. The largest absolute Gasteiger partial charge is 0.303 e. The Balaban J connectivity index is 2.07. The van der Waals surface area contributed by atoms with Crippen molar-refractivity contribution in [3.8, 4) is 0 Å². The number of hydrogen-bond acceptors (Lipinski definition) is 2. The third-order valence-corrected chi connectivity index (χ3v) is 4.24. The molecule has 2 rings (SSSR count). The molecule has 1 nitrogen and oxygen atoms in total. The highest BCUT2D eigenvalue weighted by molar-refractivity contribution is 7.10. The van der Waals surface area contributed by atoms with Gasteiger partial charge in [0.15, 0.2) is 0 Å². The third kappa shape index (κ3) is 3.09. The molecule has 1 aromatic carbocycles. The van der Waals surface area contributed by atoms with Gasteiger partial charge in [-0.15, -0.1) is 11.3 Å². The van der Waals surface area contributed by atoms with Crippen LogP contribution in [0.5, 0.6) is 0 Å². The van der Waals surface area contributed by atoms with Gasteiger partial charge < -0.3 is 5.32 Å². The first kappa shape index (κ1) is 12.6. The van der Waals surface area contributed by atoms with E-state index < -0.39 is 0 Å². The second kappa shape index (κ2) is 5.67. The maximum atomic E-state index is 6.19. The summed E-state index contributed by atoms with van der Waals surface area (Å²) in [4.78, 5) is 1.35. The molecule has 0 saturated carbocycles. The van der Waals surface area contributed by atoms with Gasteiger partial charge in [0, 0.05) is 22.0 Å². The topological polar surface area (TPSA) is 12.0 Å². The molecule has 0 amide bonds. The number of benzene rings is 1. The standard InChI is InChI=1S/C14H16ClNS/c1-10(12-6-3-4-7-13(12)15)16-11(2)14-8-5-9-17-14/h3-11,16H,1-2H3/t10?,11-/m0/s1. The fourth-order valence-electron chi connectivity index (χ4n) is 1.91. The fourth-order valence-corrected chi connectivity index (χ4v) is 2.95. The van der Waals surface area contributed by atoms with Crippen LogP contribution in [0.25, 0.3) is 0 Å². The van der Waals surface area contributed by atoms with Crippen molar-refractivity contribution < 1.29 is 0 Å². The number of thiophene rings is 1. The molecule has 1 unspecified atom stereocenters. The van der Waals surface area contributed by atoms with Crippen LogP contribution >= 0.6 is 22.9 Å². The lowest BCUT2D eigenvalue weighted by Gasteiger charge is -2.20. The molecule has 2 aromatic rings. The summed E-state index contributed by atoms with van der Waals surface area (Å²) in [5, 5.41) is 6.50. The van der Waals surface area contributed by atoms with Crippen molar-refractivity contribution in [2.75, 3.05) is 0 Å². The highest BCUT2D eigenvalue weighted by Crippen LogP contribution is 2.26. The van der Waals surface area contributed by atoms with Crippen molar-refractivity contribution in [1.29, 1.82) is 0 Å². The van der Waals surface area contributed by atoms with E-state index in [1.54, 1.807) is 11.3 Å². The predicted octanol–water partition coefficient (Wildman–Crippen LogP) is 4.81. The van der Waals surface area contributed by atoms with Gasteiger partial charge in [-0.05, 0) is 36.9 Å². The van der Waals surface area contributed by atoms with Crippen molar-refractivity contribution in [3.63, 3.8) is 0 Å². The van der Waals surface area contributed by atoms with Crippen molar-refractivity contribution in [2.24, 2.45) is 0 Å². The average molecular weight is 266 g/mol. The van der Waals surface area contributed by atoms with Gasteiger partial charge in [-0.2, -0.15) is 0 Å². The van der Waals surface area contributed by atoms with Crippen molar-refractivity contribution in [3.05, 3.63) is 57.2 Å². The zero-order valence-corrected chi connectivity index (χ0v) is 11.6. The van der Waals surface area contributed by atoms with E-state index in [0.717, 1.165) is 10.6 Å². The molecule has 0 bridgehead atoms. The summed E-state index contributed by atoms with van der Waals surface area (Å²) in [6.07, 6.45) is 0. The van der Waals surface area contributed by atoms with Gasteiger partial charge in [-0.3, -0.25) is 0 Å². The lowest BCUT2D eigenvalue weighted by atomic mass is 10.1. The summed E-state index contributed by atoms with van der Waals surface area (Å²) in [6, 6.07) is 12.8. The van der Waals surface area contributed by atoms with E-state index in [-0.39, 0.29) is 6.04 Å². The van der Waals surface area contributed by atoms with Gasteiger partial charge in [-0.25, -0.2) is 0 Å². The van der Waals surface area contributed by atoms with Crippen LogP contribution in [-0.4, -0.2) is 0 Å². The lowest BCUT2D eigenvalue weighted by Crippen LogP contribution is -2.22. The number of rotatable bonds is 4. The molecule has 1 N–H and O–H groups in total. The Kier molecular flexibility index (Phi) is 4.21. The highest BCUT2D eigenvalue weighted by Gasteiger charge is 2.13. The Morgan fingerprint density at radius 3 is 2.47 bits per heavy atom. The summed E-state index contributed by atoms with van der Waals surface area (Å²) >= 11 is 7.97. The fraction of sp³-hybridized carbons (Fsp3) is 0.286. The maximum Gasteiger partial charge on any atom is 0.0453 e. The summed E-state index contributed by atoms with van der Waals surface area (Å²) in [5.74, 6) is 0. The van der Waals surface area contributed by atoms with Gasteiger partial charge in [0.2, 0.25) is 0 Å². The smallest absolute Gasteiger partial charge is 0.0453 e. The van der Waals surface area contributed by atoms with Crippen LogP contribution in [0, 0.1) is 0 Å². The summed E-state index contributed by atoms with van der Waals surface area (Å²) in [7, 11) is 0. The van der Waals surface area contributed by atoms with E-state index >= 15 is 0 Å². The van der Waals surface area contributed by atoms with Crippen LogP contribution in [0.3, 0.4) is 0 Å². The molecule has 17 heavy (non-hydrogen) atoms. The normalized spacial score (nSPS) is 14.5. The van der Waals surface area contributed by atoms with E-state index in [0.29, 0.717) is 6.04 Å². The zero-order valence-electron chi connectivity index (χ0n) is 9.98. The summed E-state index contributed by atoms with van der Waals surface area (Å²) < 4.78 is 0. The van der Waals surface area contributed by atoms with Gasteiger partial charge in [0.05, 0.1) is 0 Å². The minimum Gasteiger partial charge on any atom is -0.303 e. The molecule has 0 fully saturated rings. The monoisotopic (exact) mass is 265 g/mol. The number of hydrogen-bond donors (Lipinski definition) is 1. The molecular formula is C14H16ClNS. The Morgan fingerprint density at radius 2 is 1.82 bits per heavy atom. The van der Waals surface area contributed by atoms with E-state index in [1.165, 1.54) is 4.88 Å². The van der Waals surface area contributed by atoms with Gasteiger partial charge in [0.25, 0.3) is 0 Å². The zero-order chi connectivity index (χ0) is 12.3. The first-order chi connectivity index (χ1) is 8.18. The van der Waals surface area contributed by atoms with E-state index in [4.69, 9.17) is 11.6 Å².